The van der Waals surface area contributed by atoms with Gasteiger partial charge in [-0.05, 0) is 49.2 Å². The number of ether oxygens (including phenoxy) is 4. The van der Waals surface area contributed by atoms with E-state index in [1.807, 2.05) is 31.2 Å². The Bertz CT molecular complexity index is 774. The number of rotatable bonds is 8. The summed E-state index contributed by atoms with van der Waals surface area (Å²) >= 11 is 0. The second kappa shape index (κ2) is 9.19. The second-order valence-corrected chi connectivity index (χ2v) is 5.95. The highest BCUT2D eigenvalue weighted by Gasteiger charge is 2.23. The normalized spacial score (nSPS) is 13.3. The van der Waals surface area contributed by atoms with Gasteiger partial charge >= 0.3 is 0 Å². The van der Waals surface area contributed by atoms with Crippen LogP contribution in [-0.2, 0) is 0 Å². The molecule has 0 bridgehead atoms. The molecule has 0 aromatic heterocycles. The third-order valence-corrected chi connectivity index (χ3v) is 4.15. The van der Waals surface area contributed by atoms with Crippen LogP contribution < -0.4 is 18.9 Å². The molecule has 6 heteroatoms. The van der Waals surface area contributed by atoms with E-state index in [0.29, 0.717) is 17.1 Å². The maximum atomic E-state index is 10.7. The molecule has 0 saturated carbocycles. The van der Waals surface area contributed by atoms with Gasteiger partial charge in [-0.2, -0.15) is 0 Å². The molecule has 0 amide bonds. The molecule has 0 aliphatic carbocycles. The third kappa shape index (κ3) is 4.65. The molecule has 2 N–H and O–H groups in total. The molecular formula is C21H26O6. The minimum Gasteiger partial charge on any atom is -0.502 e. The molecule has 2 aromatic carbocycles. The number of hydrogen-bond donors (Lipinski definition) is 2. The molecule has 0 spiro atoms. The molecule has 0 aliphatic rings. The smallest absolute Gasteiger partial charge is 0.200 e. The largest absolute Gasteiger partial charge is 0.502 e. The second-order valence-electron chi connectivity index (χ2n) is 5.95. The first-order chi connectivity index (χ1) is 12.9. The lowest BCUT2D eigenvalue weighted by Crippen LogP contribution is -2.22. The summed E-state index contributed by atoms with van der Waals surface area (Å²) in [5.41, 5.74) is 1.49. The standard InChI is InChI=1S/C21H26O6/c1-6-7-14-8-9-16(17(10-14)24-3)27-13(2)20(22)15-11-18(25-4)21(23)19(12-15)26-5/h6-13,20,22-23H,1-5H3/t13-,20+/m0/s1. The first kappa shape index (κ1) is 20.5. The predicted octanol–water partition coefficient (Wildman–Crippen LogP) is 3.95. The highest BCUT2D eigenvalue weighted by molar-refractivity contribution is 5.56. The Balaban J connectivity index is 2.27. The zero-order valence-corrected chi connectivity index (χ0v) is 16.2. The average molecular weight is 374 g/mol. The van der Waals surface area contributed by atoms with Gasteiger partial charge in [-0.3, -0.25) is 0 Å². The van der Waals surface area contributed by atoms with Gasteiger partial charge < -0.3 is 29.2 Å². The zero-order chi connectivity index (χ0) is 20.0. The third-order valence-electron chi connectivity index (χ3n) is 4.15. The molecule has 27 heavy (non-hydrogen) atoms. The van der Waals surface area contributed by atoms with E-state index in [9.17, 15) is 10.2 Å². The Hall–Kier alpha value is -2.86. The minimum absolute atomic E-state index is 0.120. The van der Waals surface area contributed by atoms with Gasteiger partial charge in [-0.25, -0.2) is 0 Å². The van der Waals surface area contributed by atoms with E-state index in [4.69, 9.17) is 18.9 Å². The summed E-state index contributed by atoms with van der Waals surface area (Å²) in [6.07, 6.45) is 2.33. The Kier molecular flexibility index (Phi) is 6.96. The van der Waals surface area contributed by atoms with E-state index < -0.39 is 12.2 Å². The fourth-order valence-electron chi connectivity index (χ4n) is 2.70. The summed E-state index contributed by atoms with van der Waals surface area (Å²) in [5.74, 6) is 1.40. The number of aliphatic hydroxyl groups is 1. The van der Waals surface area contributed by atoms with Crippen LogP contribution in [-0.4, -0.2) is 37.6 Å². The Morgan fingerprint density at radius 3 is 2.00 bits per heavy atom. The van der Waals surface area contributed by atoms with E-state index in [2.05, 4.69) is 0 Å². The van der Waals surface area contributed by atoms with Crippen LogP contribution in [0.25, 0.3) is 6.08 Å². The van der Waals surface area contributed by atoms with Crippen LogP contribution in [0, 0.1) is 0 Å². The average Bonchev–Trinajstić information content (AvgIpc) is 2.68. The first-order valence-electron chi connectivity index (χ1n) is 8.55. The van der Waals surface area contributed by atoms with E-state index in [1.165, 1.54) is 14.2 Å². The first-order valence-corrected chi connectivity index (χ1v) is 8.55. The van der Waals surface area contributed by atoms with Crippen molar-refractivity contribution in [3.63, 3.8) is 0 Å². The number of methoxy groups -OCH3 is 3. The van der Waals surface area contributed by atoms with Crippen molar-refractivity contribution in [3.05, 3.63) is 47.5 Å². The lowest BCUT2D eigenvalue weighted by Gasteiger charge is -2.23. The molecule has 2 rings (SSSR count). The van der Waals surface area contributed by atoms with Gasteiger partial charge in [0.1, 0.15) is 12.2 Å². The van der Waals surface area contributed by atoms with Gasteiger partial charge in [0.15, 0.2) is 23.0 Å². The lowest BCUT2D eigenvalue weighted by molar-refractivity contribution is 0.0448. The number of allylic oxidation sites excluding steroid dienone is 1. The van der Waals surface area contributed by atoms with E-state index in [1.54, 1.807) is 32.2 Å². The van der Waals surface area contributed by atoms with Crippen molar-refractivity contribution in [2.75, 3.05) is 21.3 Å². The monoisotopic (exact) mass is 374 g/mol. The van der Waals surface area contributed by atoms with Crippen molar-refractivity contribution >= 4 is 6.08 Å². The highest BCUT2D eigenvalue weighted by atomic mass is 16.5. The van der Waals surface area contributed by atoms with Crippen molar-refractivity contribution < 1.29 is 29.2 Å². The lowest BCUT2D eigenvalue weighted by atomic mass is 10.0. The van der Waals surface area contributed by atoms with Crippen LogP contribution in [0.2, 0.25) is 0 Å². The molecule has 146 valence electrons. The molecule has 0 saturated heterocycles. The van der Waals surface area contributed by atoms with Gasteiger partial charge in [0.25, 0.3) is 0 Å². The SMILES string of the molecule is CC=Cc1ccc(O[C@@H](C)[C@@H](O)c2cc(OC)c(O)c(OC)c2)c(OC)c1. The quantitative estimate of drug-likeness (QED) is 0.728. The van der Waals surface area contributed by atoms with Crippen LogP contribution in [0.4, 0.5) is 0 Å². The van der Waals surface area contributed by atoms with Crippen LogP contribution >= 0.6 is 0 Å². The molecule has 0 radical (unpaired) electrons. The van der Waals surface area contributed by atoms with E-state index in [-0.39, 0.29) is 17.2 Å². The summed E-state index contributed by atoms with van der Waals surface area (Å²) in [5, 5.41) is 20.7. The number of phenolic OH excluding ortho intramolecular Hbond substituents is 1. The topological polar surface area (TPSA) is 77.4 Å². The summed E-state index contributed by atoms with van der Waals surface area (Å²) in [7, 11) is 4.43. The van der Waals surface area contributed by atoms with Gasteiger partial charge in [0.05, 0.1) is 21.3 Å². The predicted molar refractivity (Wildman–Crippen MR) is 104 cm³/mol. The number of phenols is 1. The molecular weight excluding hydrogens is 348 g/mol. The van der Waals surface area contributed by atoms with Gasteiger partial charge in [0.2, 0.25) is 5.75 Å². The Labute approximate surface area is 159 Å². The minimum atomic E-state index is -0.978. The van der Waals surface area contributed by atoms with Gasteiger partial charge in [-0.15, -0.1) is 0 Å². The summed E-state index contributed by atoms with van der Waals surface area (Å²) in [6.45, 7) is 3.69. The van der Waals surface area contributed by atoms with Gasteiger partial charge in [-0.1, -0.05) is 18.2 Å². The van der Waals surface area contributed by atoms with Crippen LogP contribution in [0.3, 0.4) is 0 Å². The van der Waals surface area contributed by atoms with E-state index >= 15 is 0 Å². The van der Waals surface area contributed by atoms with Crippen LogP contribution in [0.1, 0.15) is 31.1 Å². The molecule has 0 unspecified atom stereocenters. The fraction of sp³-hybridized carbons (Fsp3) is 0.333. The Morgan fingerprint density at radius 1 is 0.889 bits per heavy atom. The van der Waals surface area contributed by atoms with Crippen LogP contribution in [0.5, 0.6) is 28.7 Å². The van der Waals surface area contributed by atoms with E-state index in [0.717, 1.165) is 5.56 Å². The van der Waals surface area contributed by atoms with Crippen LogP contribution in [0.15, 0.2) is 36.4 Å². The summed E-state index contributed by atoms with van der Waals surface area (Å²) < 4.78 is 21.6. The summed E-state index contributed by atoms with van der Waals surface area (Å²) in [4.78, 5) is 0. The molecule has 0 fully saturated rings. The summed E-state index contributed by atoms with van der Waals surface area (Å²) in [6, 6.07) is 8.67. The Morgan fingerprint density at radius 2 is 1.48 bits per heavy atom. The highest BCUT2D eigenvalue weighted by Crippen LogP contribution is 2.40. The maximum absolute atomic E-state index is 10.7. The molecule has 6 nitrogen and oxygen atoms in total. The number of hydrogen-bond acceptors (Lipinski definition) is 6. The van der Waals surface area contributed by atoms with Crippen molar-refractivity contribution in [2.24, 2.45) is 0 Å². The maximum Gasteiger partial charge on any atom is 0.200 e. The van der Waals surface area contributed by atoms with Crippen molar-refractivity contribution in [2.45, 2.75) is 26.1 Å². The number of benzene rings is 2. The van der Waals surface area contributed by atoms with Crippen molar-refractivity contribution in [1.29, 1.82) is 0 Å². The van der Waals surface area contributed by atoms with Gasteiger partial charge in [0, 0.05) is 0 Å². The molecule has 0 heterocycles. The molecule has 0 aliphatic heterocycles. The van der Waals surface area contributed by atoms with Crippen molar-refractivity contribution in [3.8, 4) is 28.7 Å². The zero-order valence-electron chi connectivity index (χ0n) is 16.2. The molecule has 2 atom stereocenters. The number of aliphatic hydroxyl groups excluding tert-OH is 1. The van der Waals surface area contributed by atoms with Crippen molar-refractivity contribution in [1.82, 2.24) is 0 Å². The molecule has 2 aromatic rings. The fourth-order valence-corrected chi connectivity index (χ4v) is 2.70. The number of aromatic hydroxyl groups is 1.